The number of pyridine rings is 1. The van der Waals surface area contributed by atoms with E-state index in [-0.39, 0.29) is 28.9 Å². The first kappa shape index (κ1) is 28.3. The summed E-state index contributed by atoms with van der Waals surface area (Å²) in [6.45, 7) is 4.48. The fraction of sp³-hybridized carbons (Fsp3) is 0.241. The van der Waals surface area contributed by atoms with Crippen molar-refractivity contribution in [1.29, 1.82) is 10.5 Å². The summed E-state index contributed by atoms with van der Waals surface area (Å²) in [6.07, 6.45) is -0.177. The van der Waals surface area contributed by atoms with Gasteiger partial charge in [-0.1, -0.05) is 36.0 Å². The van der Waals surface area contributed by atoms with Gasteiger partial charge in [0, 0.05) is 16.7 Å². The van der Waals surface area contributed by atoms with E-state index in [0.717, 1.165) is 5.69 Å². The molecular formula is C29H25FN6O3S2. The number of hydrogen-bond donors (Lipinski definition) is 2. The molecule has 1 aliphatic heterocycles. The molecule has 0 amide bonds. The molecule has 0 aliphatic carbocycles. The minimum absolute atomic E-state index is 0.0329. The minimum atomic E-state index is -0.628. The number of nitrogen functional groups attached to an aromatic ring is 1. The third-order valence-corrected chi connectivity index (χ3v) is 7.90. The van der Waals surface area contributed by atoms with E-state index in [1.54, 1.807) is 42.5 Å². The van der Waals surface area contributed by atoms with Gasteiger partial charge in [0.1, 0.15) is 52.8 Å². The van der Waals surface area contributed by atoms with Crippen molar-refractivity contribution in [2.75, 3.05) is 24.3 Å². The number of aromatic nitrogens is 2. The van der Waals surface area contributed by atoms with Crippen LogP contribution in [0.2, 0.25) is 0 Å². The number of nitrogens with zero attached hydrogens (tertiary/aromatic N) is 4. The largest absolute Gasteiger partial charge is 0.491 e. The van der Waals surface area contributed by atoms with Crippen LogP contribution in [-0.2, 0) is 15.2 Å². The first-order valence-corrected chi connectivity index (χ1v) is 14.4. The van der Waals surface area contributed by atoms with E-state index in [4.69, 9.17) is 19.9 Å². The zero-order valence-electron chi connectivity index (χ0n) is 22.2. The van der Waals surface area contributed by atoms with Gasteiger partial charge >= 0.3 is 0 Å². The number of nitrogens with two attached hydrogens (primary N) is 1. The van der Waals surface area contributed by atoms with E-state index in [0.29, 0.717) is 51.7 Å². The molecule has 1 unspecified atom stereocenters. The third-order valence-electron chi connectivity index (χ3n) is 6.09. The van der Waals surface area contributed by atoms with E-state index in [2.05, 4.69) is 27.4 Å². The summed E-state index contributed by atoms with van der Waals surface area (Å²) >= 11 is 2.62. The van der Waals surface area contributed by atoms with Crippen molar-refractivity contribution in [2.24, 2.45) is 0 Å². The summed E-state index contributed by atoms with van der Waals surface area (Å²) in [7, 11) is 0. The Labute approximate surface area is 244 Å². The number of ether oxygens (including phenoxy) is 3. The molecule has 4 aromatic rings. The number of rotatable bonds is 9. The molecule has 2 aromatic carbocycles. The van der Waals surface area contributed by atoms with Gasteiger partial charge in [-0.15, -0.1) is 11.3 Å². The van der Waals surface area contributed by atoms with Crippen LogP contribution in [0.1, 0.15) is 30.7 Å². The molecule has 12 heteroatoms. The lowest BCUT2D eigenvalue weighted by molar-refractivity contribution is -0.141. The van der Waals surface area contributed by atoms with Crippen LogP contribution in [0.3, 0.4) is 0 Å². The zero-order valence-corrected chi connectivity index (χ0v) is 23.8. The van der Waals surface area contributed by atoms with E-state index in [1.807, 2.05) is 19.2 Å². The van der Waals surface area contributed by atoms with Crippen molar-refractivity contribution < 1.29 is 18.6 Å². The highest BCUT2D eigenvalue weighted by Crippen LogP contribution is 2.37. The third kappa shape index (κ3) is 6.59. The summed E-state index contributed by atoms with van der Waals surface area (Å²) in [5.74, 6) is 0.0299. The Morgan fingerprint density at radius 2 is 1.90 bits per heavy atom. The number of para-hydroxylation sites is 1. The molecule has 1 fully saturated rings. The Morgan fingerprint density at radius 3 is 2.59 bits per heavy atom. The van der Waals surface area contributed by atoms with Crippen LogP contribution in [0.5, 0.6) is 5.75 Å². The lowest BCUT2D eigenvalue weighted by Crippen LogP contribution is -2.25. The monoisotopic (exact) mass is 588 g/mol. The molecule has 208 valence electrons. The average Bonchev–Trinajstić information content (AvgIpc) is 3.56. The highest BCUT2D eigenvalue weighted by Gasteiger charge is 2.33. The Bertz CT molecular complexity index is 1650. The van der Waals surface area contributed by atoms with E-state index in [9.17, 15) is 14.9 Å². The zero-order chi connectivity index (χ0) is 29.0. The molecule has 1 atom stereocenters. The van der Waals surface area contributed by atoms with Crippen molar-refractivity contribution in [3.63, 3.8) is 0 Å². The number of benzene rings is 2. The summed E-state index contributed by atoms with van der Waals surface area (Å²) in [4.78, 5) is 8.87. The predicted molar refractivity (Wildman–Crippen MR) is 155 cm³/mol. The summed E-state index contributed by atoms with van der Waals surface area (Å²) in [5.41, 5.74) is 8.63. The smallest absolute Gasteiger partial charge is 0.187 e. The van der Waals surface area contributed by atoms with Gasteiger partial charge in [0.15, 0.2) is 10.9 Å². The standard InChI is InChI=1S/C29H25FN6O3S2/c1-29(2)38-14-20(39-29)13-37-19-9-7-17(8-10-19)25-21(11-31)26(33)36-27(22(25)12-32)40-15-18-16-41-28(34-18)35-24-6-4-3-5-23(24)30/h3-10,16,20H,13-15H2,1-2H3,(H2,33,36)(H,34,35). The molecule has 0 spiro atoms. The van der Waals surface area contributed by atoms with E-state index < -0.39 is 5.79 Å². The molecule has 9 nitrogen and oxygen atoms in total. The average molecular weight is 589 g/mol. The fourth-order valence-corrected chi connectivity index (χ4v) is 5.91. The Kier molecular flexibility index (Phi) is 8.38. The first-order valence-electron chi connectivity index (χ1n) is 12.5. The van der Waals surface area contributed by atoms with Gasteiger partial charge in [-0.05, 0) is 43.7 Å². The van der Waals surface area contributed by atoms with Crippen LogP contribution in [-0.4, -0.2) is 35.1 Å². The SMILES string of the molecule is CC1(C)OCC(COc2ccc(-c3c(C#N)c(N)nc(SCc4csc(Nc5ccccc5F)n4)c3C#N)cc2)O1. The summed E-state index contributed by atoms with van der Waals surface area (Å²) in [6, 6.07) is 17.7. The van der Waals surface area contributed by atoms with Crippen LogP contribution in [0.25, 0.3) is 11.1 Å². The quantitative estimate of drug-likeness (QED) is 0.216. The maximum Gasteiger partial charge on any atom is 0.187 e. The molecule has 0 bridgehead atoms. The number of thioether (sulfide) groups is 1. The maximum absolute atomic E-state index is 14.0. The number of anilines is 3. The van der Waals surface area contributed by atoms with Gasteiger partial charge in [0.05, 0.1) is 23.6 Å². The molecule has 1 saturated heterocycles. The summed E-state index contributed by atoms with van der Waals surface area (Å²) < 4.78 is 31.2. The maximum atomic E-state index is 14.0. The molecule has 41 heavy (non-hydrogen) atoms. The predicted octanol–water partition coefficient (Wildman–Crippen LogP) is 6.24. The first-order chi connectivity index (χ1) is 19.8. The Hall–Kier alpha value is -4.20. The molecule has 3 N–H and O–H groups in total. The van der Waals surface area contributed by atoms with E-state index >= 15 is 0 Å². The van der Waals surface area contributed by atoms with Gasteiger partial charge in [0.2, 0.25) is 0 Å². The Balaban J connectivity index is 1.33. The topological polar surface area (TPSA) is 139 Å². The van der Waals surface area contributed by atoms with Crippen LogP contribution in [0.15, 0.2) is 58.9 Å². The van der Waals surface area contributed by atoms with E-state index in [1.165, 1.54) is 29.2 Å². The Morgan fingerprint density at radius 1 is 1.15 bits per heavy atom. The second-order valence-electron chi connectivity index (χ2n) is 9.47. The second kappa shape index (κ2) is 12.1. The molecular weight excluding hydrogens is 563 g/mol. The van der Waals surface area contributed by atoms with Crippen molar-refractivity contribution in [3.05, 3.63) is 76.5 Å². The normalized spacial score (nSPS) is 15.7. The van der Waals surface area contributed by atoms with Crippen molar-refractivity contribution in [3.8, 4) is 29.0 Å². The second-order valence-corrected chi connectivity index (χ2v) is 11.3. The van der Waals surface area contributed by atoms with Crippen molar-refractivity contribution >= 4 is 39.7 Å². The molecule has 2 aromatic heterocycles. The molecule has 0 saturated carbocycles. The highest BCUT2D eigenvalue weighted by atomic mass is 32.2. The van der Waals surface area contributed by atoms with Crippen molar-refractivity contribution in [1.82, 2.24) is 9.97 Å². The number of hydrogen-bond acceptors (Lipinski definition) is 11. The van der Waals surface area contributed by atoms with Crippen LogP contribution in [0.4, 0.5) is 21.0 Å². The van der Waals surface area contributed by atoms with Gasteiger partial charge in [-0.3, -0.25) is 0 Å². The molecule has 5 rings (SSSR count). The minimum Gasteiger partial charge on any atom is -0.491 e. The van der Waals surface area contributed by atoms with Crippen LogP contribution < -0.4 is 15.8 Å². The number of nitriles is 2. The van der Waals surface area contributed by atoms with Crippen LogP contribution in [0, 0.1) is 28.5 Å². The summed E-state index contributed by atoms with van der Waals surface area (Å²) in [5, 5.41) is 25.7. The van der Waals surface area contributed by atoms with Gasteiger partial charge in [-0.25, -0.2) is 14.4 Å². The molecule has 1 aliphatic rings. The lowest BCUT2D eigenvalue weighted by Gasteiger charge is -2.17. The van der Waals surface area contributed by atoms with Crippen LogP contribution >= 0.6 is 23.1 Å². The van der Waals surface area contributed by atoms with Gasteiger partial charge in [0.25, 0.3) is 0 Å². The number of nitrogens with one attached hydrogen (secondary N) is 1. The lowest BCUT2D eigenvalue weighted by atomic mass is 9.97. The highest BCUT2D eigenvalue weighted by molar-refractivity contribution is 7.98. The van der Waals surface area contributed by atoms with Gasteiger partial charge < -0.3 is 25.3 Å². The number of thiazole rings is 1. The molecule has 0 radical (unpaired) electrons. The van der Waals surface area contributed by atoms with Crippen molar-refractivity contribution in [2.45, 2.75) is 36.5 Å². The number of halogens is 1. The van der Waals surface area contributed by atoms with Gasteiger partial charge in [-0.2, -0.15) is 10.5 Å². The molecule has 3 heterocycles. The fourth-order valence-electron chi connectivity index (χ4n) is 4.19.